The van der Waals surface area contributed by atoms with Crippen LogP contribution in [-0.4, -0.2) is 27.3 Å². The van der Waals surface area contributed by atoms with Gasteiger partial charge in [-0.3, -0.25) is 4.79 Å². The third-order valence-electron chi connectivity index (χ3n) is 2.32. The quantitative estimate of drug-likeness (QED) is 0.798. The lowest BCUT2D eigenvalue weighted by molar-refractivity contribution is -0.121. The topological polar surface area (TPSA) is 57.8 Å². The summed E-state index contributed by atoms with van der Waals surface area (Å²) >= 11 is 0. The third kappa shape index (κ3) is 4.14. The zero-order valence-electron chi connectivity index (χ0n) is 10.5. The number of ketones is 1. The summed E-state index contributed by atoms with van der Waals surface area (Å²) in [4.78, 5) is 18.8. The zero-order valence-corrected chi connectivity index (χ0v) is 10.5. The second-order valence-corrected chi connectivity index (χ2v) is 5.05. The normalized spacial score (nSPS) is 13.8. The van der Waals surface area contributed by atoms with Gasteiger partial charge in [-0.15, -0.1) is 0 Å². The van der Waals surface area contributed by atoms with E-state index < -0.39 is 0 Å². The Morgan fingerprint density at radius 1 is 1.56 bits per heavy atom. The van der Waals surface area contributed by atoms with Crippen molar-refractivity contribution in [2.24, 2.45) is 0 Å². The molecule has 1 rings (SSSR count). The Morgan fingerprint density at radius 2 is 2.25 bits per heavy atom. The van der Waals surface area contributed by atoms with Crippen molar-refractivity contribution < 1.29 is 4.79 Å². The number of aromatic amines is 1. The van der Waals surface area contributed by atoms with E-state index in [1.807, 2.05) is 6.92 Å². The lowest BCUT2D eigenvalue weighted by atomic mass is 10.00. The Bertz CT molecular complexity index is 325. The molecule has 1 aromatic rings. The van der Waals surface area contributed by atoms with Gasteiger partial charge in [-0.05, 0) is 20.8 Å². The molecule has 0 fully saturated rings. The standard InChI is InChI=1S/C12H21N3O/c1-5-11(16)10(15-12(2,3)4)6-9-7-13-8-14-9/h7-8,10,15H,5-6H2,1-4H3,(H,13,14)/t10-/m0/s1. The summed E-state index contributed by atoms with van der Waals surface area (Å²) in [6.45, 7) is 8.09. The maximum Gasteiger partial charge on any atom is 0.149 e. The molecule has 0 unspecified atom stereocenters. The molecule has 0 saturated heterocycles. The van der Waals surface area contributed by atoms with Gasteiger partial charge in [-0.25, -0.2) is 4.98 Å². The van der Waals surface area contributed by atoms with Gasteiger partial charge in [0.25, 0.3) is 0 Å². The second kappa shape index (κ2) is 5.25. The van der Waals surface area contributed by atoms with Gasteiger partial charge in [0.15, 0.2) is 0 Å². The Balaban J connectivity index is 2.68. The zero-order chi connectivity index (χ0) is 12.2. The Hall–Kier alpha value is -1.16. The van der Waals surface area contributed by atoms with Crippen LogP contribution in [0.3, 0.4) is 0 Å². The highest BCUT2D eigenvalue weighted by Crippen LogP contribution is 2.08. The van der Waals surface area contributed by atoms with Crippen molar-refractivity contribution in [1.82, 2.24) is 15.3 Å². The minimum Gasteiger partial charge on any atom is -0.348 e. The van der Waals surface area contributed by atoms with E-state index in [1.54, 1.807) is 12.5 Å². The van der Waals surface area contributed by atoms with E-state index >= 15 is 0 Å². The molecule has 0 aliphatic heterocycles. The lowest BCUT2D eigenvalue weighted by Gasteiger charge is -2.27. The molecule has 90 valence electrons. The molecule has 16 heavy (non-hydrogen) atoms. The molecule has 1 atom stereocenters. The summed E-state index contributed by atoms with van der Waals surface area (Å²) in [5.41, 5.74) is 0.929. The highest BCUT2D eigenvalue weighted by Gasteiger charge is 2.22. The van der Waals surface area contributed by atoms with Crippen LogP contribution in [0.2, 0.25) is 0 Å². The van der Waals surface area contributed by atoms with Crippen LogP contribution in [0.15, 0.2) is 12.5 Å². The molecule has 1 aromatic heterocycles. The van der Waals surface area contributed by atoms with E-state index in [4.69, 9.17) is 0 Å². The van der Waals surface area contributed by atoms with Gasteiger partial charge in [0.2, 0.25) is 0 Å². The van der Waals surface area contributed by atoms with E-state index in [9.17, 15) is 4.79 Å². The van der Waals surface area contributed by atoms with Crippen molar-refractivity contribution in [3.05, 3.63) is 18.2 Å². The fourth-order valence-electron chi connectivity index (χ4n) is 1.63. The van der Waals surface area contributed by atoms with E-state index in [-0.39, 0.29) is 17.4 Å². The van der Waals surface area contributed by atoms with Crippen LogP contribution < -0.4 is 5.32 Å². The molecular weight excluding hydrogens is 202 g/mol. The summed E-state index contributed by atoms with van der Waals surface area (Å²) < 4.78 is 0. The molecule has 2 N–H and O–H groups in total. The van der Waals surface area contributed by atoms with Gasteiger partial charge in [-0.1, -0.05) is 6.92 Å². The molecule has 0 aliphatic carbocycles. The largest absolute Gasteiger partial charge is 0.348 e. The summed E-state index contributed by atoms with van der Waals surface area (Å²) in [5.74, 6) is 0.240. The first-order valence-corrected chi connectivity index (χ1v) is 5.70. The number of imidazole rings is 1. The Morgan fingerprint density at radius 3 is 2.69 bits per heavy atom. The molecular formula is C12H21N3O. The van der Waals surface area contributed by atoms with Crippen LogP contribution in [0, 0.1) is 0 Å². The summed E-state index contributed by atoms with van der Waals surface area (Å²) in [6.07, 6.45) is 4.63. The highest BCUT2D eigenvalue weighted by molar-refractivity contribution is 5.84. The lowest BCUT2D eigenvalue weighted by Crippen LogP contribution is -2.48. The fraction of sp³-hybridized carbons (Fsp3) is 0.667. The number of hydrogen-bond acceptors (Lipinski definition) is 3. The Kier molecular flexibility index (Phi) is 4.24. The maximum atomic E-state index is 11.8. The average molecular weight is 223 g/mol. The number of Topliss-reactive ketones (excluding diaryl/α,β-unsaturated/α-hetero) is 1. The highest BCUT2D eigenvalue weighted by atomic mass is 16.1. The molecule has 4 heteroatoms. The van der Waals surface area contributed by atoms with Crippen molar-refractivity contribution in [1.29, 1.82) is 0 Å². The predicted octanol–water partition coefficient (Wildman–Crippen LogP) is 1.69. The van der Waals surface area contributed by atoms with Crippen molar-refractivity contribution in [2.45, 2.75) is 52.1 Å². The van der Waals surface area contributed by atoms with Crippen LogP contribution in [0.5, 0.6) is 0 Å². The van der Waals surface area contributed by atoms with Gasteiger partial charge in [-0.2, -0.15) is 0 Å². The second-order valence-electron chi connectivity index (χ2n) is 5.05. The van der Waals surface area contributed by atoms with E-state index in [0.717, 1.165) is 5.69 Å². The minimum atomic E-state index is -0.134. The molecule has 1 heterocycles. The number of carbonyl (C=O) groups excluding carboxylic acids is 1. The van der Waals surface area contributed by atoms with Gasteiger partial charge in [0.05, 0.1) is 12.4 Å². The number of nitrogens with one attached hydrogen (secondary N) is 2. The number of carbonyl (C=O) groups is 1. The number of hydrogen-bond donors (Lipinski definition) is 2. The number of rotatable bonds is 5. The average Bonchev–Trinajstić information content (AvgIpc) is 2.66. The smallest absolute Gasteiger partial charge is 0.149 e. The third-order valence-corrected chi connectivity index (χ3v) is 2.32. The molecule has 0 aliphatic rings. The van der Waals surface area contributed by atoms with Crippen LogP contribution in [0.1, 0.15) is 39.8 Å². The van der Waals surface area contributed by atoms with Crippen molar-refractivity contribution >= 4 is 5.78 Å². The maximum absolute atomic E-state index is 11.8. The summed E-state index contributed by atoms with van der Waals surface area (Å²) in [5, 5.41) is 3.35. The summed E-state index contributed by atoms with van der Waals surface area (Å²) in [6, 6.07) is -0.134. The first kappa shape index (κ1) is 12.9. The van der Waals surface area contributed by atoms with Crippen LogP contribution in [0.4, 0.5) is 0 Å². The van der Waals surface area contributed by atoms with Crippen LogP contribution in [-0.2, 0) is 11.2 Å². The molecule has 0 radical (unpaired) electrons. The van der Waals surface area contributed by atoms with E-state index in [0.29, 0.717) is 12.8 Å². The summed E-state index contributed by atoms with van der Waals surface area (Å²) in [7, 11) is 0. The first-order valence-electron chi connectivity index (χ1n) is 5.70. The van der Waals surface area contributed by atoms with E-state index in [1.165, 1.54) is 0 Å². The molecule has 0 aromatic carbocycles. The molecule has 0 saturated carbocycles. The van der Waals surface area contributed by atoms with Gasteiger partial charge >= 0.3 is 0 Å². The predicted molar refractivity (Wildman–Crippen MR) is 64.3 cm³/mol. The molecule has 4 nitrogen and oxygen atoms in total. The Labute approximate surface area is 96.9 Å². The SMILES string of the molecule is CCC(=O)[C@H](Cc1cnc[nH]1)NC(C)(C)C. The van der Waals surface area contributed by atoms with Crippen LogP contribution >= 0.6 is 0 Å². The van der Waals surface area contributed by atoms with Gasteiger partial charge in [0.1, 0.15) is 5.78 Å². The number of aromatic nitrogens is 2. The van der Waals surface area contributed by atoms with Crippen LogP contribution in [0.25, 0.3) is 0 Å². The van der Waals surface area contributed by atoms with Crippen molar-refractivity contribution in [3.63, 3.8) is 0 Å². The molecule has 0 bridgehead atoms. The molecule has 0 spiro atoms. The first-order chi connectivity index (χ1) is 7.42. The van der Waals surface area contributed by atoms with Crippen molar-refractivity contribution in [3.8, 4) is 0 Å². The number of H-pyrrole nitrogens is 1. The monoisotopic (exact) mass is 223 g/mol. The number of nitrogens with zero attached hydrogens (tertiary/aromatic N) is 1. The van der Waals surface area contributed by atoms with Gasteiger partial charge in [0, 0.05) is 30.3 Å². The fourth-order valence-corrected chi connectivity index (χ4v) is 1.63. The van der Waals surface area contributed by atoms with Gasteiger partial charge < -0.3 is 10.3 Å². The van der Waals surface area contributed by atoms with E-state index in [2.05, 4.69) is 36.1 Å². The van der Waals surface area contributed by atoms with Crippen molar-refractivity contribution in [2.75, 3.05) is 0 Å². The molecule has 0 amide bonds. The minimum absolute atomic E-state index is 0.0600.